The number of nitro benzene ring substituents is 1. The zero-order chi connectivity index (χ0) is 21.7. The Kier molecular flexibility index (Phi) is 6.43. The van der Waals surface area contributed by atoms with Gasteiger partial charge in [-0.3, -0.25) is 19.6 Å². The Balaban J connectivity index is 1.58. The van der Waals surface area contributed by atoms with Gasteiger partial charge in [-0.15, -0.1) is 0 Å². The number of furan rings is 1. The van der Waals surface area contributed by atoms with Crippen LogP contribution in [0.25, 0.3) is 6.08 Å². The predicted molar refractivity (Wildman–Crippen MR) is 113 cm³/mol. The van der Waals surface area contributed by atoms with Crippen LogP contribution >= 0.6 is 11.6 Å². The van der Waals surface area contributed by atoms with E-state index in [0.29, 0.717) is 22.9 Å². The molecule has 0 radical (unpaired) electrons. The highest BCUT2D eigenvalue weighted by atomic mass is 35.5. The molecule has 0 saturated carbocycles. The number of halogens is 1. The molecule has 0 fully saturated rings. The number of hydrazone groups is 1. The summed E-state index contributed by atoms with van der Waals surface area (Å²) in [5.41, 5.74) is 4.28. The van der Waals surface area contributed by atoms with Crippen LogP contribution in [0.15, 0.2) is 52.0 Å². The summed E-state index contributed by atoms with van der Waals surface area (Å²) in [7, 11) is 0. The van der Waals surface area contributed by atoms with E-state index in [2.05, 4.69) is 15.6 Å². The summed E-state index contributed by atoms with van der Waals surface area (Å²) < 4.78 is 7.24. The highest BCUT2D eigenvalue weighted by Crippen LogP contribution is 2.21. The number of allylic oxidation sites excluding steroid dienone is 1. The van der Waals surface area contributed by atoms with Crippen LogP contribution in [-0.4, -0.2) is 26.8 Å². The zero-order valence-electron chi connectivity index (χ0n) is 16.2. The first-order valence-corrected chi connectivity index (χ1v) is 9.26. The molecule has 30 heavy (non-hydrogen) atoms. The lowest BCUT2D eigenvalue weighted by Gasteiger charge is -2.01. The third kappa shape index (κ3) is 4.81. The molecule has 0 aliphatic rings. The van der Waals surface area contributed by atoms with Crippen molar-refractivity contribution >= 4 is 35.5 Å². The van der Waals surface area contributed by atoms with Gasteiger partial charge in [0.15, 0.2) is 5.76 Å². The SMILES string of the molecule is Cc1nn(Cc2ccc(C(=O)N/N=C\C=C\c3ccccc3[N+](=O)[O-])o2)c(C)c1Cl. The van der Waals surface area contributed by atoms with Gasteiger partial charge in [-0.1, -0.05) is 23.7 Å². The predicted octanol–water partition coefficient (Wildman–Crippen LogP) is 4.13. The molecule has 0 bridgehead atoms. The topological polar surface area (TPSA) is 116 Å². The Bertz CT molecular complexity index is 1150. The first-order valence-electron chi connectivity index (χ1n) is 8.88. The fourth-order valence-corrected chi connectivity index (χ4v) is 2.83. The Labute approximate surface area is 176 Å². The Hall–Kier alpha value is -3.72. The summed E-state index contributed by atoms with van der Waals surface area (Å²) in [5, 5.41) is 19.7. The third-order valence-electron chi connectivity index (χ3n) is 4.22. The van der Waals surface area contributed by atoms with Gasteiger partial charge in [0.05, 0.1) is 33.4 Å². The van der Waals surface area contributed by atoms with E-state index in [-0.39, 0.29) is 11.4 Å². The first kappa shape index (κ1) is 21.0. The summed E-state index contributed by atoms with van der Waals surface area (Å²) >= 11 is 6.13. The van der Waals surface area contributed by atoms with E-state index in [1.165, 1.54) is 30.5 Å². The van der Waals surface area contributed by atoms with Crippen molar-refractivity contribution in [2.75, 3.05) is 0 Å². The minimum absolute atomic E-state index is 0.0156. The number of benzene rings is 1. The molecule has 0 unspecified atom stereocenters. The molecular weight excluding hydrogens is 410 g/mol. The molecule has 154 valence electrons. The van der Waals surface area contributed by atoms with Crippen LogP contribution in [-0.2, 0) is 6.54 Å². The zero-order valence-corrected chi connectivity index (χ0v) is 17.0. The summed E-state index contributed by atoms with van der Waals surface area (Å²) in [6, 6.07) is 9.52. The molecule has 0 aliphatic carbocycles. The molecule has 0 aliphatic heterocycles. The third-order valence-corrected chi connectivity index (χ3v) is 4.77. The summed E-state index contributed by atoms with van der Waals surface area (Å²) in [5.74, 6) is 0.114. The number of nitrogens with one attached hydrogen (secondary N) is 1. The molecule has 0 spiro atoms. The van der Waals surface area contributed by atoms with Gasteiger partial charge >= 0.3 is 5.91 Å². The van der Waals surface area contributed by atoms with Crippen molar-refractivity contribution in [1.29, 1.82) is 0 Å². The van der Waals surface area contributed by atoms with Crippen molar-refractivity contribution in [3.8, 4) is 0 Å². The van der Waals surface area contributed by atoms with E-state index < -0.39 is 10.8 Å². The van der Waals surface area contributed by atoms with Crippen LogP contribution in [0.3, 0.4) is 0 Å². The fourth-order valence-electron chi connectivity index (χ4n) is 2.70. The molecule has 0 saturated heterocycles. The fraction of sp³-hybridized carbons (Fsp3) is 0.150. The van der Waals surface area contributed by atoms with Crippen LogP contribution in [0.4, 0.5) is 5.69 Å². The lowest BCUT2D eigenvalue weighted by Crippen LogP contribution is -2.16. The van der Waals surface area contributed by atoms with Gasteiger partial charge < -0.3 is 4.42 Å². The summed E-state index contributed by atoms with van der Waals surface area (Å²) in [6.07, 6.45) is 4.33. The van der Waals surface area contributed by atoms with Crippen LogP contribution in [0.5, 0.6) is 0 Å². The number of nitrogens with zero attached hydrogens (tertiary/aromatic N) is 4. The lowest BCUT2D eigenvalue weighted by molar-refractivity contribution is -0.385. The van der Waals surface area contributed by atoms with Gasteiger partial charge in [-0.2, -0.15) is 10.2 Å². The van der Waals surface area contributed by atoms with Gasteiger partial charge in [0.25, 0.3) is 5.69 Å². The van der Waals surface area contributed by atoms with Crippen molar-refractivity contribution in [3.05, 3.63) is 86.1 Å². The van der Waals surface area contributed by atoms with E-state index in [1.54, 1.807) is 28.9 Å². The van der Waals surface area contributed by atoms with Gasteiger partial charge in [-0.05, 0) is 44.2 Å². The standard InChI is InChI=1S/C20H18ClN5O4/c1-13-19(21)14(2)25(24-13)12-16-9-10-18(30-16)20(27)23-22-11-5-7-15-6-3-4-8-17(15)26(28)29/h3-11H,12H2,1-2H3,(H,23,27)/b7-5+,22-11-. The van der Waals surface area contributed by atoms with Gasteiger partial charge in [0.2, 0.25) is 0 Å². The number of hydrogen-bond acceptors (Lipinski definition) is 6. The summed E-state index contributed by atoms with van der Waals surface area (Å²) in [6.45, 7) is 4.01. The largest absolute Gasteiger partial charge is 0.454 e. The minimum Gasteiger partial charge on any atom is -0.454 e. The second kappa shape index (κ2) is 9.19. The van der Waals surface area contributed by atoms with Crippen LogP contribution in [0.1, 0.15) is 33.3 Å². The minimum atomic E-state index is -0.525. The van der Waals surface area contributed by atoms with Gasteiger partial charge in [-0.25, -0.2) is 5.43 Å². The normalized spacial score (nSPS) is 11.4. The molecule has 2 heterocycles. The molecule has 0 atom stereocenters. The van der Waals surface area contributed by atoms with E-state index in [0.717, 1.165) is 11.4 Å². The number of hydrogen-bond donors (Lipinski definition) is 1. The number of aromatic nitrogens is 2. The van der Waals surface area contributed by atoms with Crippen molar-refractivity contribution in [2.45, 2.75) is 20.4 Å². The number of para-hydroxylation sites is 1. The highest BCUT2D eigenvalue weighted by Gasteiger charge is 2.14. The Morgan fingerprint density at radius 1 is 1.33 bits per heavy atom. The number of amides is 1. The molecule has 9 nitrogen and oxygen atoms in total. The molecule has 1 N–H and O–H groups in total. The number of carbonyl (C=O) groups is 1. The van der Waals surface area contributed by atoms with Crippen LogP contribution < -0.4 is 5.43 Å². The number of carbonyl (C=O) groups excluding carboxylic acids is 1. The number of rotatable bonds is 7. The molecule has 3 aromatic rings. The average Bonchev–Trinajstić information content (AvgIpc) is 3.29. The number of aryl methyl sites for hydroxylation is 1. The molecular formula is C20H18ClN5O4. The second-order valence-corrected chi connectivity index (χ2v) is 6.68. The molecule has 3 rings (SSSR count). The quantitative estimate of drug-likeness (QED) is 0.345. The van der Waals surface area contributed by atoms with Crippen LogP contribution in [0.2, 0.25) is 5.02 Å². The van der Waals surface area contributed by atoms with Gasteiger partial charge in [0, 0.05) is 12.3 Å². The number of nitro groups is 1. The van der Waals surface area contributed by atoms with Crippen molar-refractivity contribution in [3.63, 3.8) is 0 Å². The van der Waals surface area contributed by atoms with Crippen molar-refractivity contribution < 1.29 is 14.1 Å². The summed E-state index contributed by atoms with van der Waals surface area (Å²) in [4.78, 5) is 22.6. The second-order valence-electron chi connectivity index (χ2n) is 6.30. The lowest BCUT2D eigenvalue weighted by atomic mass is 10.2. The average molecular weight is 428 g/mol. The first-order chi connectivity index (χ1) is 14.4. The highest BCUT2D eigenvalue weighted by molar-refractivity contribution is 6.31. The van der Waals surface area contributed by atoms with Crippen molar-refractivity contribution in [1.82, 2.24) is 15.2 Å². The maximum atomic E-state index is 12.1. The monoisotopic (exact) mass is 427 g/mol. The molecule has 2 aromatic heterocycles. The molecule has 1 aromatic carbocycles. The van der Waals surface area contributed by atoms with E-state index in [9.17, 15) is 14.9 Å². The van der Waals surface area contributed by atoms with E-state index >= 15 is 0 Å². The maximum absolute atomic E-state index is 12.1. The van der Waals surface area contributed by atoms with E-state index in [1.807, 2.05) is 13.8 Å². The molecule has 10 heteroatoms. The van der Waals surface area contributed by atoms with Gasteiger partial charge in [0.1, 0.15) is 5.76 Å². The maximum Gasteiger partial charge on any atom is 0.307 e. The van der Waals surface area contributed by atoms with Crippen LogP contribution in [0, 0.1) is 24.0 Å². The molecule has 1 amide bonds. The van der Waals surface area contributed by atoms with Crippen molar-refractivity contribution in [2.24, 2.45) is 5.10 Å². The Morgan fingerprint density at radius 2 is 2.10 bits per heavy atom. The smallest absolute Gasteiger partial charge is 0.307 e. The Morgan fingerprint density at radius 3 is 2.80 bits per heavy atom. The van der Waals surface area contributed by atoms with E-state index in [4.69, 9.17) is 16.0 Å².